The van der Waals surface area contributed by atoms with E-state index in [1.165, 1.54) is 6.20 Å². The Bertz CT molecular complexity index is 439. The minimum Gasteiger partial charge on any atom is -0.345 e. The Hall–Kier alpha value is -1.89. The summed E-state index contributed by atoms with van der Waals surface area (Å²) < 4.78 is 1.57. The van der Waals surface area contributed by atoms with Crippen molar-refractivity contribution in [3.63, 3.8) is 0 Å². The first kappa shape index (κ1) is 15.2. The van der Waals surface area contributed by atoms with Crippen LogP contribution in [-0.4, -0.2) is 46.1 Å². The number of likely N-dealkylation sites (N-methyl/N-ethyl adjacent to an activating group) is 1. The zero-order valence-corrected chi connectivity index (χ0v) is 11.6. The molecule has 0 bridgehead atoms. The van der Waals surface area contributed by atoms with Crippen LogP contribution in [0.15, 0.2) is 12.4 Å². The van der Waals surface area contributed by atoms with Gasteiger partial charge in [-0.2, -0.15) is 5.10 Å². The van der Waals surface area contributed by atoms with Crippen molar-refractivity contribution in [1.82, 2.24) is 20.0 Å². The molecular weight excluding hydrogens is 246 g/mol. The van der Waals surface area contributed by atoms with E-state index < -0.39 is 6.04 Å². The van der Waals surface area contributed by atoms with Crippen LogP contribution in [0.5, 0.6) is 0 Å². The fourth-order valence-electron chi connectivity index (χ4n) is 1.71. The number of hydrogen-bond acceptors (Lipinski definition) is 4. The van der Waals surface area contributed by atoms with E-state index >= 15 is 0 Å². The summed E-state index contributed by atoms with van der Waals surface area (Å²) in [4.78, 5) is 25.2. The van der Waals surface area contributed by atoms with Crippen LogP contribution < -0.4 is 11.1 Å². The lowest BCUT2D eigenvalue weighted by molar-refractivity contribution is -0.132. The second-order valence-electron chi connectivity index (χ2n) is 4.21. The summed E-state index contributed by atoms with van der Waals surface area (Å²) in [5.41, 5.74) is 6.41. The highest BCUT2D eigenvalue weighted by atomic mass is 16.2. The van der Waals surface area contributed by atoms with Crippen molar-refractivity contribution in [3.8, 4) is 0 Å². The molecule has 7 heteroatoms. The molecule has 7 nitrogen and oxygen atoms in total. The third kappa shape index (κ3) is 4.06. The quantitative estimate of drug-likeness (QED) is 0.720. The molecule has 0 saturated heterocycles. The van der Waals surface area contributed by atoms with Crippen molar-refractivity contribution in [2.75, 3.05) is 19.6 Å². The van der Waals surface area contributed by atoms with Crippen LogP contribution in [0.25, 0.3) is 0 Å². The molecule has 0 aliphatic rings. The van der Waals surface area contributed by atoms with Crippen LogP contribution in [-0.2, 0) is 16.6 Å². The maximum atomic E-state index is 11.8. The van der Waals surface area contributed by atoms with Gasteiger partial charge in [0.25, 0.3) is 0 Å². The first-order valence-electron chi connectivity index (χ1n) is 6.29. The molecule has 3 N–H and O–H groups in total. The number of hydrogen-bond donors (Lipinski definition) is 2. The number of amides is 2. The predicted molar refractivity (Wildman–Crippen MR) is 71.1 cm³/mol. The van der Waals surface area contributed by atoms with Crippen LogP contribution in [0, 0.1) is 0 Å². The summed E-state index contributed by atoms with van der Waals surface area (Å²) in [6.45, 7) is 5.00. The van der Waals surface area contributed by atoms with Crippen molar-refractivity contribution in [2.45, 2.75) is 19.9 Å². The average molecular weight is 267 g/mol. The minimum absolute atomic E-state index is 0.0333. The van der Waals surface area contributed by atoms with Crippen LogP contribution in [0.4, 0.5) is 0 Å². The lowest BCUT2D eigenvalue weighted by atomic mass is 10.1. The third-order valence-corrected chi connectivity index (χ3v) is 2.90. The SMILES string of the molecule is CCN(CC)C(=O)CNC(=O)C(N)c1cnn(C)c1. The van der Waals surface area contributed by atoms with Crippen LogP contribution in [0.2, 0.25) is 0 Å². The summed E-state index contributed by atoms with van der Waals surface area (Å²) >= 11 is 0. The highest BCUT2D eigenvalue weighted by Crippen LogP contribution is 2.07. The fourth-order valence-corrected chi connectivity index (χ4v) is 1.71. The van der Waals surface area contributed by atoms with E-state index in [1.54, 1.807) is 22.8 Å². The number of aryl methyl sites for hydroxylation is 1. The molecule has 2 amide bonds. The molecule has 0 saturated carbocycles. The topological polar surface area (TPSA) is 93.2 Å². The molecule has 106 valence electrons. The van der Waals surface area contributed by atoms with Gasteiger partial charge >= 0.3 is 0 Å². The van der Waals surface area contributed by atoms with Gasteiger partial charge in [0.05, 0.1) is 12.7 Å². The molecule has 0 radical (unpaired) electrons. The number of carbonyl (C=O) groups is 2. The molecule has 1 heterocycles. The molecule has 0 fully saturated rings. The van der Waals surface area contributed by atoms with Gasteiger partial charge < -0.3 is 16.0 Å². The normalized spacial score (nSPS) is 12.0. The van der Waals surface area contributed by atoms with E-state index in [1.807, 2.05) is 13.8 Å². The Balaban J connectivity index is 2.49. The van der Waals surface area contributed by atoms with Gasteiger partial charge in [-0.3, -0.25) is 14.3 Å². The highest BCUT2D eigenvalue weighted by Gasteiger charge is 2.18. The maximum Gasteiger partial charge on any atom is 0.242 e. The second kappa shape index (κ2) is 6.89. The monoisotopic (exact) mass is 267 g/mol. The Morgan fingerprint density at radius 3 is 2.58 bits per heavy atom. The molecule has 1 atom stereocenters. The lowest BCUT2D eigenvalue weighted by Gasteiger charge is -2.19. The molecule has 0 aromatic carbocycles. The molecule has 1 aromatic rings. The summed E-state index contributed by atoms with van der Waals surface area (Å²) in [7, 11) is 1.75. The molecular formula is C12H21N5O2. The number of nitrogens with zero attached hydrogens (tertiary/aromatic N) is 3. The summed E-state index contributed by atoms with van der Waals surface area (Å²) in [5, 5.41) is 6.50. The summed E-state index contributed by atoms with van der Waals surface area (Å²) in [6.07, 6.45) is 3.22. The van der Waals surface area contributed by atoms with Gasteiger partial charge in [-0.25, -0.2) is 0 Å². The first-order chi connectivity index (χ1) is 8.99. The standard InChI is InChI=1S/C12H21N5O2/c1-4-17(5-2)10(18)7-14-12(19)11(13)9-6-15-16(3)8-9/h6,8,11H,4-5,7,13H2,1-3H3,(H,14,19). The lowest BCUT2D eigenvalue weighted by Crippen LogP contribution is -2.42. The van der Waals surface area contributed by atoms with E-state index in [0.717, 1.165) is 0 Å². The van der Waals surface area contributed by atoms with Crippen LogP contribution >= 0.6 is 0 Å². The zero-order chi connectivity index (χ0) is 14.4. The van der Waals surface area contributed by atoms with Crippen molar-refractivity contribution in [3.05, 3.63) is 18.0 Å². The van der Waals surface area contributed by atoms with E-state index in [9.17, 15) is 9.59 Å². The van der Waals surface area contributed by atoms with Gasteiger partial charge in [-0.05, 0) is 13.8 Å². The zero-order valence-electron chi connectivity index (χ0n) is 11.6. The van der Waals surface area contributed by atoms with Gasteiger partial charge in [-0.15, -0.1) is 0 Å². The molecule has 0 aliphatic heterocycles. The van der Waals surface area contributed by atoms with Crippen LogP contribution in [0.1, 0.15) is 25.5 Å². The number of carbonyl (C=O) groups excluding carboxylic acids is 2. The molecule has 1 unspecified atom stereocenters. The van der Waals surface area contributed by atoms with Crippen molar-refractivity contribution in [1.29, 1.82) is 0 Å². The van der Waals surface area contributed by atoms with Crippen molar-refractivity contribution >= 4 is 11.8 Å². The molecule has 19 heavy (non-hydrogen) atoms. The molecule has 0 spiro atoms. The Morgan fingerprint density at radius 1 is 1.47 bits per heavy atom. The van der Waals surface area contributed by atoms with Gasteiger partial charge in [0.1, 0.15) is 6.04 Å². The van der Waals surface area contributed by atoms with E-state index in [-0.39, 0.29) is 18.4 Å². The summed E-state index contributed by atoms with van der Waals surface area (Å²) in [5.74, 6) is -0.495. The summed E-state index contributed by atoms with van der Waals surface area (Å²) in [6, 6.07) is -0.807. The third-order valence-electron chi connectivity index (χ3n) is 2.90. The van der Waals surface area contributed by atoms with E-state index in [0.29, 0.717) is 18.7 Å². The number of aromatic nitrogens is 2. The number of nitrogens with two attached hydrogens (primary N) is 1. The Morgan fingerprint density at radius 2 is 2.11 bits per heavy atom. The molecule has 1 rings (SSSR count). The van der Waals surface area contributed by atoms with Crippen LogP contribution in [0.3, 0.4) is 0 Å². The van der Waals surface area contributed by atoms with Gasteiger partial charge in [0, 0.05) is 31.9 Å². The second-order valence-corrected chi connectivity index (χ2v) is 4.21. The molecule has 1 aromatic heterocycles. The number of rotatable bonds is 6. The largest absolute Gasteiger partial charge is 0.345 e. The van der Waals surface area contributed by atoms with Gasteiger partial charge in [0.15, 0.2) is 0 Å². The van der Waals surface area contributed by atoms with Gasteiger partial charge in [0.2, 0.25) is 11.8 Å². The Labute approximate surface area is 112 Å². The Kier molecular flexibility index (Phi) is 5.50. The minimum atomic E-state index is -0.807. The van der Waals surface area contributed by atoms with Crippen molar-refractivity contribution < 1.29 is 9.59 Å². The first-order valence-corrected chi connectivity index (χ1v) is 6.29. The average Bonchev–Trinajstić information content (AvgIpc) is 2.83. The molecule has 0 aliphatic carbocycles. The predicted octanol–water partition coefficient (Wildman–Crippen LogP) is -0.595. The van der Waals surface area contributed by atoms with Gasteiger partial charge in [-0.1, -0.05) is 0 Å². The fraction of sp³-hybridized carbons (Fsp3) is 0.583. The number of nitrogens with one attached hydrogen (secondary N) is 1. The smallest absolute Gasteiger partial charge is 0.242 e. The van der Waals surface area contributed by atoms with E-state index in [4.69, 9.17) is 5.73 Å². The maximum absolute atomic E-state index is 11.8. The van der Waals surface area contributed by atoms with Crippen molar-refractivity contribution in [2.24, 2.45) is 12.8 Å². The highest BCUT2D eigenvalue weighted by molar-refractivity contribution is 5.87. The van der Waals surface area contributed by atoms with E-state index in [2.05, 4.69) is 10.4 Å².